The van der Waals surface area contributed by atoms with Gasteiger partial charge in [0.25, 0.3) is 0 Å². The number of hydrogen-bond donors (Lipinski definition) is 3. The van der Waals surface area contributed by atoms with Crippen molar-refractivity contribution in [2.75, 3.05) is 0 Å². The minimum atomic E-state index is -0.494. The first-order valence-corrected chi connectivity index (χ1v) is 6.38. The van der Waals surface area contributed by atoms with Gasteiger partial charge in [0, 0.05) is 18.7 Å². The minimum Gasteiger partial charge on any atom is -0.382 e. The van der Waals surface area contributed by atoms with Crippen molar-refractivity contribution in [1.29, 1.82) is 0 Å². The largest absolute Gasteiger partial charge is 0.382 e. The van der Waals surface area contributed by atoms with Gasteiger partial charge in [-0.15, -0.1) is 0 Å². The Kier molecular flexibility index (Phi) is 4.84. The van der Waals surface area contributed by atoms with Gasteiger partial charge in [0.2, 0.25) is 0 Å². The number of amidine groups is 1. The zero-order valence-electron chi connectivity index (χ0n) is 11.3. The van der Waals surface area contributed by atoms with Crippen LogP contribution in [0.5, 0.6) is 0 Å². The molecule has 2 aromatic carbocycles. The molecular formula is C15H16F2N4. The van der Waals surface area contributed by atoms with Crippen molar-refractivity contribution in [3.63, 3.8) is 0 Å². The molecule has 0 saturated heterocycles. The molecule has 5 N–H and O–H groups in total. The second-order valence-corrected chi connectivity index (χ2v) is 4.52. The fourth-order valence-electron chi connectivity index (χ4n) is 1.93. The fraction of sp³-hybridized carbons (Fsp3) is 0.133. The summed E-state index contributed by atoms with van der Waals surface area (Å²) in [6.45, 7) is 0.771. The monoisotopic (exact) mass is 290 g/mol. The van der Waals surface area contributed by atoms with Crippen molar-refractivity contribution in [2.45, 2.75) is 13.1 Å². The van der Waals surface area contributed by atoms with E-state index in [1.165, 1.54) is 18.2 Å². The van der Waals surface area contributed by atoms with Crippen molar-refractivity contribution >= 4 is 5.84 Å². The Balaban J connectivity index is 1.98. The number of halogens is 2. The van der Waals surface area contributed by atoms with E-state index in [4.69, 9.17) is 11.6 Å². The third-order valence-electron chi connectivity index (χ3n) is 3.05. The third-order valence-corrected chi connectivity index (χ3v) is 3.05. The lowest BCUT2D eigenvalue weighted by molar-refractivity contribution is 0.585. The van der Waals surface area contributed by atoms with E-state index < -0.39 is 5.82 Å². The maximum Gasteiger partial charge on any atom is 0.153 e. The lowest BCUT2D eigenvalue weighted by Crippen LogP contribution is -2.18. The maximum atomic E-state index is 13.8. The van der Waals surface area contributed by atoms with E-state index in [-0.39, 0.29) is 17.2 Å². The molecule has 0 bridgehead atoms. The smallest absolute Gasteiger partial charge is 0.153 e. The summed E-state index contributed by atoms with van der Waals surface area (Å²) in [4.78, 5) is 0. The van der Waals surface area contributed by atoms with Crippen LogP contribution in [0.4, 0.5) is 8.78 Å². The zero-order valence-corrected chi connectivity index (χ0v) is 11.3. The SMILES string of the molecule is N/N=C(\N)c1ccc(CNCc2ccccc2F)cc1F. The number of hydrazone groups is 1. The van der Waals surface area contributed by atoms with Gasteiger partial charge in [0.1, 0.15) is 11.6 Å². The van der Waals surface area contributed by atoms with E-state index >= 15 is 0 Å². The molecule has 0 fully saturated rings. The van der Waals surface area contributed by atoms with Crippen LogP contribution in [0.3, 0.4) is 0 Å². The Morgan fingerprint density at radius 2 is 1.81 bits per heavy atom. The molecule has 110 valence electrons. The lowest BCUT2D eigenvalue weighted by atomic mass is 10.1. The van der Waals surface area contributed by atoms with E-state index in [0.29, 0.717) is 18.7 Å². The van der Waals surface area contributed by atoms with E-state index in [1.807, 2.05) is 0 Å². The summed E-state index contributed by atoms with van der Waals surface area (Å²) in [5, 5.41) is 6.31. The first-order chi connectivity index (χ1) is 10.1. The highest BCUT2D eigenvalue weighted by Gasteiger charge is 2.07. The molecule has 6 heteroatoms. The van der Waals surface area contributed by atoms with Crippen LogP contribution >= 0.6 is 0 Å². The van der Waals surface area contributed by atoms with Crippen LogP contribution in [0.1, 0.15) is 16.7 Å². The number of rotatable bonds is 5. The van der Waals surface area contributed by atoms with Gasteiger partial charge in [-0.2, -0.15) is 5.10 Å². The van der Waals surface area contributed by atoms with Crippen LogP contribution in [-0.4, -0.2) is 5.84 Å². The predicted octanol–water partition coefficient (Wildman–Crippen LogP) is 1.83. The molecule has 0 aliphatic rings. The second-order valence-electron chi connectivity index (χ2n) is 4.52. The molecule has 4 nitrogen and oxygen atoms in total. The summed E-state index contributed by atoms with van der Waals surface area (Å²) in [7, 11) is 0. The highest BCUT2D eigenvalue weighted by atomic mass is 19.1. The van der Waals surface area contributed by atoms with Crippen LogP contribution in [0.25, 0.3) is 0 Å². The van der Waals surface area contributed by atoms with Gasteiger partial charge in [-0.3, -0.25) is 0 Å². The molecule has 0 aromatic heterocycles. The van der Waals surface area contributed by atoms with Crippen molar-refractivity contribution < 1.29 is 8.78 Å². The van der Waals surface area contributed by atoms with Crippen LogP contribution < -0.4 is 16.9 Å². The van der Waals surface area contributed by atoms with Crippen molar-refractivity contribution in [2.24, 2.45) is 16.7 Å². The van der Waals surface area contributed by atoms with Crippen molar-refractivity contribution in [3.05, 3.63) is 70.8 Å². The van der Waals surface area contributed by atoms with Gasteiger partial charge < -0.3 is 16.9 Å². The first-order valence-electron chi connectivity index (χ1n) is 6.38. The molecule has 0 unspecified atom stereocenters. The summed E-state index contributed by atoms with van der Waals surface area (Å²) in [6, 6.07) is 11.1. The van der Waals surface area contributed by atoms with Gasteiger partial charge in [-0.05, 0) is 23.8 Å². The van der Waals surface area contributed by atoms with Crippen LogP contribution in [0.15, 0.2) is 47.6 Å². The summed E-state index contributed by atoms with van der Waals surface area (Å²) in [5.41, 5.74) is 6.91. The molecule has 0 saturated carbocycles. The Morgan fingerprint density at radius 1 is 1.05 bits per heavy atom. The first kappa shape index (κ1) is 14.9. The molecule has 0 atom stereocenters. The average molecular weight is 290 g/mol. The second kappa shape index (κ2) is 6.81. The highest BCUT2D eigenvalue weighted by Crippen LogP contribution is 2.11. The van der Waals surface area contributed by atoms with Gasteiger partial charge >= 0.3 is 0 Å². The molecular weight excluding hydrogens is 274 g/mol. The summed E-state index contributed by atoms with van der Waals surface area (Å²) < 4.78 is 27.2. The summed E-state index contributed by atoms with van der Waals surface area (Å²) in [6.07, 6.45) is 0. The standard InChI is InChI=1S/C15H16F2N4/c16-13-4-2-1-3-11(13)9-20-8-10-5-6-12(14(17)7-10)15(18)21-19/h1-7,20H,8-9,19H2,(H2,18,21). The van der Waals surface area contributed by atoms with Crippen molar-refractivity contribution in [3.8, 4) is 0 Å². The minimum absolute atomic E-state index is 0.0571. The highest BCUT2D eigenvalue weighted by molar-refractivity contribution is 5.97. The van der Waals surface area contributed by atoms with Gasteiger partial charge in [-0.25, -0.2) is 8.78 Å². The number of benzene rings is 2. The Morgan fingerprint density at radius 3 is 2.48 bits per heavy atom. The number of nitrogens with two attached hydrogens (primary N) is 2. The molecule has 21 heavy (non-hydrogen) atoms. The maximum absolute atomic E-state index is 13.8. The Bertz CT molecular complexity index is 656. The fourth-order valence-corrected chi connectivity index (χ4v) is 1.93. The normalized spacial score (nSPS) is 11.6. The van der Waals surface area contributed by atoms with Gasteiger partial charge in [-0.1, -0.05) is 24.3 Å². The van der Waals surface area contributed by atoms with Crippen molar-refractivity contribution in [1.82, 2.24) is 5.32 Å². The van der Waals surface area contributed by atoms with Crippen LogP contribution in [-0.2, 0) is 13.1 Å². The van der Waals surface area contributed by atoms with E-state index in [1.54, 1.807) is 24.3 Å². The van der Waals surface area contributed by atoms with Gasteiger partial charge in [0.05, 0.1) is 5.56 Å². The topological polar surface area (TPSA) is 76.4 Å². The van der Waals surface area contributed by atoms with Crippen LogP contribution in [0.2, 0.25) is 0 Å². The predicted molar refractivity (Wildman–Crippen MR) is 78.3 cm³/mol. The van der Waals surface area contributed by atoms with E-state index in [0.717, 1.165) is 5.56 Å². The zero-order chi connectivity index (χ0) is 15.2. The number of nitrogens with zero attached hydrogens (tertiary/aromatic N) is 1. The molecule has 0 radical (unpaired) electrons. The molecule has 0 aliphatic heterocycles. The number of nitrogens with one attached hydrogen (secondary N) is 1. The molecule has 2 rings (SSSR count). The Hall–Kier alpha value is -2.47. The van der Waals surface area contributed by atoms with E-state index in [9.17, 15) is 8.78 Å². The molecule has 0 spiro atoms. The van der Waals surface area contributed by atoms with Gasteiger partial charge in [0.15, 0.2) is 5.84 Å². The summed E-state index contributed by atoms with van der Waals surface area (Å²) in [5.74, 6) is 4.20. The third kappa shape index (κ3) is 3.76. The van der Waals surface area contributed by atoms with E-state index in [2.05, 4.69) is 10.4 Å². The lowest BCUT2D eigenvalue weighted by Gasteiger charge is -2.08. The summed E-state index contributed by atoms with van der Waals surface area (Å²) >= 11 is 0. The average Bonchev–Trinajstić information content (AvgIpc) is 2.48. The molecule has 0 aliphatic carbocycles. The van der Waals surface area contributed by atoms with Crippen LogP contribution in [0, 0.1) is 11.6 Å². The molecule has 0 heterocycles. The number of hydrogen-bond acceptors (Lipinski definition) is 3. The quantitative estimate of drug-likeness (QED) is 0.340. The molecule has 0 amide bonds. The Labute approximate surface area is 121 Å². The molecule has 2 aromatic rings.